The molecular formula is C31H42ClN9O8P2S2Si. The van der Waals surface area contributed by atoms with Gasteiger partial charge in [0.25, 0.3) is 0 Å². The lowest BCUT2D eigenvalue weighted by Crippen LogP contribution is -2.50. The number of rotatable bonds is 7. The van der Waals surface area contributed by atoms with E-state index in [1.807, 2.05) is 11.5 Å². The van der Waals surface area contributed by atoms with Crippen LogP contribution in [0.2, 0.25) is 23.3 Å². The Kier molecular flexibility index (Phi) is 11.5. The van der Waals surface area contributed by atoms with Crippen LogP contribution in [0, 0.1) is 25.3 Å². The summed E-state index contributed by atoms with van der Waals surface area (Å²) in [7, 11) is -2.55. The minimum atomic E-state index is -3.81. The Bertz CT molecular complexity index is 2170. The summed E-state index contributed by atoms with van der Waals surface area (Å²) in [5, 5.41) is 0.0328. The number of halogens is 1. The lowest BCUT2D eigenvalue weighted by molar-refractivity contribution is -0.0478. The number of fused-ring (bicyclic) bond motifs is 5. The third-order valence-corrected chi connectivity index (χ3v) is 19.3. The van der Waals surface area contributed by atoms with E-state index in [1.165, 1.54) is 12.7 Å². The van der Waals surface area contributed by atoms with E-state index in [9.17, 15) is 4.89 Å². The summed E-state index contributed by atoms with van der Waals surface area (Å²) >= 11 is 18.0. The minimum Gasteiger partial charge on any atom is -0.408 e. The van der Waals surface area contributed by atoms with Crippen molar-refractivity contribution >= 4 is 79.3 Å². The highest BCUT2D eigenvalue weighted by atomic mass is 35.5. The molecule has 3 fully saturated rings. The Hall–Kier alpha value is -1.92. The first kappa shape index (κ1) is 40.3. The number of ether oxygens (including phenoxy) is 1. The van der Waals surface area contributed by atoms with Gasteiger partial charge in [0.2, 0.25) is 6.54 Å². The lowest BCUT2D eigenvalue weighted by atomic mass is 9.70. The first-order valence-corrected chi connectivity index (χ1v) is 25.8. The number of aryl methyl sites for hydroxylation is 1. The van der Waals surface area contributed by atoms with Gasteiger partial charge >= 0.3 is 13.4 Å². The molecule has 1 N–H and O–H groups in total. The van der Waals surface area contributed by atoms with Crippen LogP contribution >= 0.6 is 25.0 Å². The van der Waals surface area contributed by atoms with Gasteiger partial charge in [-0.3, -0.25) is 9.09 Å². The molecule has 0 spiro atoms. The number of hydrogen-bond donors (Lipinski definition) is 1. The third-order valence-electron chi connectivity index (χ3n) is 10.6. The zero-order valence-corrected chi connectivity index (χ0v) is 35.7. The minimum absolute atomic E-state index is 0.00543. The maximum atomic E-state index is 11.4. The molecule has 1 saturated carbocycles. The van der Waals surface area contributed by atoms with Crippen molar-refractivity contribution in [1.29, 1.82) is 0 Å². The summed E-state index contributed by atoms with van der Waals surface area (Å²) in [6, 6.07) is -0.162. The summed E-state index contributed by atoms with van der Waals surface area (Å²) < 4.78 is 49.2. The summed E-state index contributed by atoms with van der Waals surface area (Å²) in [6.07, 6.45) is 3.25. The van der Waals surface area contributed by atoms with Crippen molar-refractivity contribution in [2.45, 2.75) is 82.8 Å². The Labute approximate surface area is 328 Å². The van der Waals surface area contributed by atoms with Gasteiger partial charge < -0.3 is 41.6 Å². The molecule has 4 aromatic rings. The molecule has 9 atom stereocenters. The molecule has 0 amide bonds. The van der Waals surface area contributed by atoms with E-state index in [1.54, 1.807) is 17.2 Å². The summed E-state index contributed by atoms with van der Waals surface area (Å²) in [5.74, 6) is -0.377. The quantitative estimate of drug-likeness (QED) is 0.0762. The van der Waals surface area contributed by atoms with Crippen LogP contribution in [0.3, 0.4) is 0 Å². The maximum absolute atomic E-state index is 11.4. The molecule has 0 radical (unpaired) electrons. The molecule has 2 unspecified atom stereocenters. The largest absolute Gasteiger partial charge is 0.408 e. The van der Waals surface area contributed by atoms with E-state index in [0.29, 0.717) is 34.4 Å². The van der Waals surface area contributed by atoms with Gasteiger partial charge in [0, 0.05) is 12.0 Å². The molecule has 17 nitrogen and oxygen atoms in total. The van der Waals surface area contributed by atoms with Gasteiger partial charge in [0.1, 0.15) is 48.6 Å². The molecule has 2 saturated heterocycles. The Morgan fingerprint density at radius 1 is 1.00 bits per heavy atom. The lowest BCUT2D eigenvalue weighted by Gasteiger charge is -2.46. The number of aromatic nitrogens is 8. The average molecular weight is 858 g/mol. The van der Waals surface area contributed by atoms with Gasteiger partial charge in [0.15, 0.2) is 31.0 Å². The first-order valence-electron chi connectivity index (χ1n) is 17.3. The van der Waals surface area contributed by atoms with Crippen LogP contribution in [0.1, 0.15) is 45.2 Å². The standard InChI is InChI=1S/C31H42ClN9O8P2S2Si/c1-18-23-28(36-14-34-18)41(17-38-23)30-26-25(49-54(6,7)31(2,3)4)22(47-30)13-45-50(42,52)44-12-20-19(11-46-51(53,48-26)43-9-8-33-5)10-21(20)40-16-39-24-27(32)35-15-37-29(24)40/h14-17,19-22,25-26,30H,8-13H2,1-4,6-7H3,(H,42,52)/t19-,20-,21-,22-,25-,26-,30-,50?,51?/m1/s1. The van der Waals surface area contributed by atoms with E-state index in [2.05, 4.69) is 68.6 Å². The van der Waals surface area contributed by atoms with Gasteiger partial charge in [-0.15, -0.1) is 0 Å². The highest BCUT2D eigenvalue weighted by Gasteiger charge is 2.55. The van der Waals surface area contributed by atoms with Gasteiger partial charge in [-0.1, -0.05) is 32.4 Å². The van der Waals surface area contributed by atoms with Crippen LogP contribution < -0.4 is 0 Å². The molecule has 1 aliphatic carbocycles. The van der Waals surface area contributed by atoms with Crippen LogP contribution in [-0.4, -0.2) is 104 Å². The molecule has 23 heteroatoms. The van der Waals surface area contributed by atoms with Crippen molar-refractivity contribution < 1.29 is 36.7 Å². The second kappa shape index (κ2) is 15.4. The molecule has 0 aromatic carbocycles. The number of imidazole rings is 2. The van der Waals surface area contributed by atoms with E-state index >= 15 is 0 Å². The first-order chi connectivity index (χ1) is 25.5. The van der Waals surface area contributed by atoms with E-state index < -0.39 is 46.3 Å². The van der Waals surface area contributed by atoms with Crippen LogP contribution in [0.25, 0.3) is 27.2 Å². The normalized spacial score (nSPS) is 32.5. The predicted octanol–water partition coefficient (Wildman–Crippen LogP) is 5.92. The molecule has 2 aliphatic heterocycles. The summed E-state index contributed by atoms with van der Waals surface area (Å²) in [5.41, 5.74) is 2.81. The zero-order valence-electron chi connectivity index (χ0n) is 30.5. The van der Waals surface area contributed by atoms with E-state index in [0.717, 1.165) is 0 Å². The second-order valence-corrected chi connectivity index (χ2v) is 25.9. The average Bonchev–Trinajstić information content (AvgIpc) is 3.80. The molecule has 3 aliphatic rings. The van der Waals surface area contributed by atoms with Crippen LogP contribution in [0.5, 0.6) is 0 Å². The topological polar surface area (TPSA) is 176 Å². The highest BCUT2D eigenvalue weighted by molar-refractivity contribution is 8.07. The fourth-order valence-electron chi connectivity index (χ4n) is 6.61. The van der Waals surface area contributed by atoms with Crippen LogP contribution in [0.4, 0.5) is 0 Å². The Morgan fingerprint density at radius 2 is 1.69 bits per heavy atom. The van der Waals surface area contributed by atoms with Crippen molar-refractivity contribution in [3.05, 3.63) is 47.6 Å². The van der Waals surface area contributed by atoms with Crippen molar-refractivity contribution in [2.24, 2.45) is 11.8 Å². The molecule has 6 heterocycles. The summed E-state index contributed by atoms with van der Waals surface area (Å²) in [4.78, 5) is 41.2. The summed E-state index contributed by atoms with van der Waals surface area (Å²) in [6.45, 7) is 12.4. The number of nitrogens with zero attached hydrogens (tertiary/aromatic N) is 9. The van der Waals surface area contributed by atoms with Crippen molar-refractivity contribution in [3.63, 3.8) is 0 Å². The second-order valence-electron chi connectivity index (χ2n) is 15.0. The maximum Gasteiger partial charge on any atom is 0.327 e. The Morgan fingerprint density at radius 3 is 2.43 bits per heavy atom. The molecule has 7 rings (SSSR count). The van der Waals surface area contributed by atoms with Gasteiger partial charge in [0.05, 0.1) is 38.2 Å². The fourth-order valence-corrected chi connectivity index (χ4v) is 11.3. The molecular weight excluding hydrogens is 816 g/mol. The molecule has 54 heavy (non-hydrogen) atoms. The number of hydrogen-bond acceptors (Lipinski definition) is 15. The monoisotopic (exact) mass is 857 g/mol. The fraction of sp³-hybridized carbons (Fsp3) is 0.645. The molecule has 4 aromatic heterocycles. The van der Waals surface area contributed by atoms with Gasteiger partial charge in [-0.25, -0.2) is 36.5 Å². The highest BCUT2D eigenvalue weighted by Crippen LogP contribution is 2.58. The smallest absolute Gasteiger partial charge is 0.327 e. The van der Waals surface area contributed by atoms with Crippen LogP contribution in [-0.2, 0) is 55.4 Å². The van der Waals surface area contributed by atoms with E-state index in [-0.39, 0.29) is 61.0 Å². The van der Waals surface area contributed by atoms with Gasteiger partial charge in [-0.05, 0) is 61.0 Å². The molecule has 292 valence electrons. The van der Waals surface area contributed by atoms with Gasteiger partial charge in [-0.2, -0.15) is 0 Å². The Balaban J connectivity index is 1.27. The van der Waals surface area contributed by atoms with E-state index in [4.69, 9.17) is 73.6 Å². The zero-order chi connectivity index (χ0) is 38.6. The van der Waals surface area contributed by atoms with Crippen molar-refractivity contribution in [3.8, 4) is 0 Å². The van der Waals surface area contributed by atoms with Crippen molar-refractivity contribution in [2.75, 3.05) is 33.0 Å². The van der Waals surface area contributed by atoms with Crippen molar-refractivity contribution in [1.82, 2.24) is 39.0 Å². The SMILES string of the molecule is [C-]#[N+]CCOP1(=S)OC[C@H]2C[C@@H](n3cnc4c(Cl)ncnc43)[C@@H]2COP(O)(=S)OC[C@H]2O[C@@H](n3cnc4c(C)ncnc43)[C@H](O1)[C@@H]2O[Si](C)(C)C(C)(C)C. The third kappa shape index (κ3) is 7.96. The molecule has 2 bridgehead atoms. The predicted molar refractivity (Wildman–Crippen MR) is 208 cm³/mol. The van der Waals surface area contributed by atoms with Crippen LogP contribution in [0.15, 0.2) is 25.3 Å².